The summed E-state index contributed by atoms with van der Waals surface area (Å²) >= 11 is 0. The fourth-order valence-corrected chi connectivity index (χ4v) is 9.05. The third-order valence-electron chi connectivity index (χ3n) is 11.8. The lowest BCUT2D eigenvalue weighted by Crippen LogP contribution is -2.10. The van der Waals surface area contributed by atoms with Crippen LogP contribution in [0.5, 0.6) is 0 Å². The Morgan fingerprint density at radius 3 is 1.69 bits per heavy atom. The summed E-state index contributed by atoms with van der Waals surface area (Å²) in [6, 6.07) is 75.9. The summed E-state index contributed by atoms with van der Waals surface area (Å²) < 4.78 is 12.7. The SMILES string of the molecule is c1cc(-c2cccc3ccccc23)cc(N(c2ccc(-c3ccc4oc5ccccc5c4c3)cc2)c2cccc(-c3cccc4oc5c6ccccc6ccc5c34)c2)c1. The lowest BCUT2D eigenvalue weighted by Gasteiger charge is -2.27. The second-order valence-corrected chi connectivity index (χ2v) is 15.3. The molecule has 2 aromatic heterocycles. The number of anilines is 3. The monoisotopic (exact) mass is 753 g/mol. The first-order chi connectivity index (χ1) is 29.2. The van der Waals surface area contributed by atoms with E-state index in [1.807, 2.05) is 12.1 Å². The molecule has 0 atom stereocenters. The van der Waals surface area contributed by atoms with Crippen molar-refractivity contribution >= 4 is 82.5 Å². The topological polar surface area (TPSA) is 29.5 Å². The number of hydrogen-bond donors (Lipinski definition) is 0. The maximum Gasteiger partial charge on any atom is 0.143 e. The highest BCUT2D eigenvalue weighted by molar-refractivity contribution is 6.19. The van der Waals surface area contributed by atoms with Crippen molar-refractivity contribution in [2.45, 2.75) is 0 Å². The summed E-state index contributed by atoms with van der Waals surface area (Å²) in [4.78, 5) is 2.37. The van der Waals surface area contributed by atoms with E-state index in [1.165, 1.54) is 27.3 Å². The molecule has 3 nitrogen and oxygen atoms in total. The molecule has 0 bridgehead atoms. The predicted octanol–water partition coefficient (Wildman–Crippen LogP) is 16.3. The van der Waals surface area contributed by atoms with Gasteiger partial charge in [-0.15, -0.1) is 0 Å². The van der Waals surface area contributed by atoms with E-state index < -0.39 is 0 Å². The molecule has 0 aliphatic carbocycles. The number of para-hydroxylation sites is 1. The number of fused-ring (bicyclic) bond motifs is 9. The van der Waals surface area contributed by atoms with E-state index in [0.29, 0.717) is 0 Å². The molecule has 59 heavy (non-hydrogen) atoms. The first-order valence-corrected chi connectivity index (χ1v) is 20.1. The highest BCUT2D eigenvalue weighted by atomic mass is 16.3. The van der Waals surface area contributed by atoms with Crippen molar-refractivity contribution in [3.05, 3.63) is 212 Å². The molecule has 12 aromatic rings. The first kappa shape index (κ1) is 33.3. The molecule has 0 saturated heterocycles. The Bertz CT molecular complexity index is 3570. The van der Waals surface area contributed by atoms with Gasteiger partial charge in [-0.05, 0) is 116 Å². The van der Waals surface area contributed by atoms with E-state index >= 15 is 0 Å². The Morgan fingerprint density at radius 1 is 0.288 bits per heavy atom. The van der Waals surface area contributed by atoms with Crippen LogP contribution in [0.15, 0.2) is 221 Å². The van der Waals surface area contributed by atoms with Crippen LogP contribution in [-0.4, -0.2) is 0 Å². The number of furan rings is 2. The van der Waals surface area contributed by atoms with Gasteiger partial charge in [-0.1, -0.05) is 146 Å². The van der Waals surface area contributed by atoms with Crippen LogP contribution >= 0.6 is 0 Å². The zero-order chi connectivity index (χ0) is 38.9. The van der Waals surface area contributed by atoms with Crippen LogP contribution in [0.1, 0.15) is 0 Å². The maximum absolute atomic E-state index is 6.60. The van der Waals surface area contributed by atoms with Gasteiger partial charge in [0, 0.05) is 44.0 Å². The van der Waals surface area contributed by atoms with Crippen LogP contribution < -0.4 is 4.90 Å². The summed E-state index contributed by atoms with van der Waals surface area (Å²) in [5, 5.41) is 9.26. The molecule has 10 aromatic carbocycles. The highest BCUT2D eigenvalue weighted by Gasteiger charge is 2.19. The highest BCUT2D eigenvalue weighted by Crippen LogP contribution is 2.43. The molecular formula is C56H35NO2. The second kappa shape index (κ2) is 13.4. The van der Waals surface area contributed by atoms with Gasteiger partial charge in [0.1, 0.15) is 22.3 Å². The Morgan fingerprint density at radius 2 is 0.881 bits per heavy atom. The van der Waals surface area contributed by atoms with E-state index in [-0.39, 0.29) is 0 Å². The standard InChI is InChI=1S/C56H35NO2/c1-3-18-45-37(11-1)13-9-21-46(45)40-14-7-16-43(33-40)57(42-29-25-36(26-30-42)39-28-32-53-51(35-39)49-20-5-6-23-52(49)58-53)44-17-8-15-41(34-44)47-22-10-24-54-55(47)50-31-27-38-12-2-4-19-48(38)56(50)59-54/h1-35H. The molecule has 0 unspecified atom stereocenters. The smallest absolute Gasteiger partial charge is 0.143 e. The maximum atomic E-state index is 6.60. The van der Waals surface area contributed by atoms with Crippen LogP contribution in [0.3, 0.4) is 0 Å². The van der Waals surface area contributed by atoms with Crippen molar-refractivity contribution in [2.75, 3.05) is 4.90 Å². The van der Waals surface area contributed by atoms with Gasteiger partial charge in [-0.3, -0.25) is 0 Å². The van der Waals surface area contributed by atoms with Crippen molar-refractivity contribution in [3.63, 3.8) is 0 Å². The molecule has 0 saturated carbocycles. The summed E-state index contributed by atoms with van der Waals surface area (Å²) in [6.07, 6.45) is 0. The van der Waals surface area contributed by atoms with E-state index in [4.69, 9.17) is 8.83 Å². The largest absolute Gasteiger partial charge is 0.456 e. The molecule has 0 N–H and O–H groups in total. The Kier molecular flexibility index (Phi) is 7.54. The third kappa shape index (κ3) is 5.51. The van der Waals surface area contributed by atoms with E-state index in [9.17, 15) is 0 Å². The average molecular weight is 754 g/mol. The van der Waals surface area contributed by atoms with Crippen molar-refractivity contribution in [3.8, 4) is 33.4 Å². The molecule has 0 aliphatic rings. The zero-order valence-corrected chi connectivity index (χ0v) is 32.0. The minimum Gasteiger partial charge on any atom is -0.456 e. The lowest BCUT2D eigenvalue weighted by atomic mass is 9.96. The molecule has 0 amide bonds. The zero-order valence-electron chi connectivity index (χ0n) is 32.0. The molecule has 0 aliphatic heterocycles. The molecular weight excluding hydrogens is 719 g/mol. The predicted molar refractivity (Wildman–Crippen MR) is 247 cm³/mol. The number of hydrogen-bond acceptors (Lipinski definition) is 3. The summed E-state index contributed by atoms with van der Waals surface area (Å²) in [7, 11) is 0. The van der Waals surface area contributed by atoms with Gasteiger partial charge < -0.3 is 13.7 Å². The van der Waals surface area contributed by atoms with Crippen molar-refractivity contribution in [1.29, 1.82) is 0 Å². The Balaban J connectivity index is 1.01. The van der Waals surface area contributed by atoms with Crippen molar-refractivity contribution in [2.24, 2.45) is 0 Å². The fraction of sp³-hybridized carbons (Fsp3) is 0. The van der Waals surface area contributed by atoms with E-state index in [2.05, 4.69) is 205 Å². The molecule has 0 fully saturated rings. The Hall–Kier alpha value is -7.88. The van der Waals surface area contributed by atoms with Gasteiger partial charge in [0.05, 0.1) is 0 Å². The minimum atomic E-state index is 0.885. The van der Waals surface area contributed by atoms with Crippen molar-refractivity contribution < 1.29 is 8.83 Å². The number of benzene rings is 10. The summed E-state index contributed by atoms with van der Waals surface area (Å²) in [6.45, 7) is 0. The second-order valence-electron chi connectivity index (χ2n) is 15.3. The van der Waals surface area contributed by atoms with Gasteiger partial charge in [-0.2, -0.15) is 0 Å². The third-order valence-corrected chi connectivity index (χ3v) is 11.8. The molecule has 0 spiro atoms. The molecule has 12 rings (SSSR count). The van der Waals surface area contributed by atoms with Crippen LogP contribution in [0.4, 0.5) is 17.1 Å². The number of nitrogens with zero attached hydrogens (tertiary/aromatic N) is 1. The normalized spacial score (nSPS) is 11.7. The van der Waals surface area contributed by atoms with E-state index in [1.54, 1.807) is 0 Å². The van der Waals surface area contributed by atoms with Crippen LogP contribution in [0.2, 0.25) is 0 Å². The van der Waals surface area contributed by atoms with Crippen molar-refractivity contribution in [1.82, 2.24) is 0 Å². The Labute approximate surface area is 340 Å². The average Bonchev–Trinajstić information content (AvgIpc) is 3.88. The van der Waals surface area contributed by atoms with Crippen LogP contribution in [0, 0.1) is 0 Å². The van der Waals surface area contributed by atoms with Gasteiger partial charge in [-0.25, -0.2) is 0 Å². The van der Waals surface area contributed by atoms with Gasteiger partial charge in [0.15, 0.2) is 0 Å². The minimum absolute atomic E-state index is 0.885. The van der Waals surface area contributed by atoms with E-state index in [0.717, 1.165) is 88.6 Å². The number of rotatable bonds is 6. The summed E-state index contributed by atoms with van der Waals surface area (Å²) in [5.41, 5.74) is 13.7. The van der Waals surface area contributed by atoms with Gasteiger partial charge in [0.2, 0.25) is 0 Å². The fourth-order valence-electron chi connectivity index (χ4n) is 9.05. The molecule has 2 heterocycles. The quantitative estimate of drug-likeness (QED) is 0.169. The van der Waals surface area contributed by atoms with Crippen LogP contribution in [-0.2, 0) is 0 Å². The molecule has 0 radical (unpaired) electrons. The molecule has 276 valence electrons. The summed E-state index contributed by atoms with van der Waals surface area (Å²) in [5.74, 6) is 0. The van der Waals surface area contributed by atoms with Crippen LogP contribution in [0.25, 0.3) is 98.8 Å². The van der Waals surface area contributed by atoms with Gasteiger partial charge in [0.25, 0.3) is 0 Å². The first-order valence-electron chi connectivity index (χ1n) is 20.1. The lowest BCUT2D eigenvalue weighted by molar-refractivity contribution is 0.669. The van der Waals surface area contributed by atoms with Gasteiger partial charge >= 0.3 is 0 Å². The molecule has 3 heteroatoms.